The predicted molar refractivity (Wildman–Crippen MR) is 98.5 cm³/mol. The topological polar surface area (TPSA) is 87.2 Å². The van der Waals surface area contributed by atoms with Gasteiger partial charge in [0.2, 0.25) is 0 Å². The fraction of sp³-hybridized carbons (Fsp3) is 0.118. The third-order valence-electron chi connectivity index (χ3n) is 3.66. The summed E-state index contributed by atoms with van der Waals surface area (Å²) in [6, 6.07) is 8.49. The van der Waals surface area contributed by atoms with Gasteiger partial charge >= 0.3 is 5.97 Å². The van der Waals surface area contributed by atoms with Gasteiger partial charge in [0.25, 0.3) is 5.56 Å². The molecule has 9 heteroatoms. The zero-order valence-corrected chi connectivity index (χ0v) is 15.1. The Hall–Kier alpha value is -2.58. The number of methoxy groups -OCH3 is 1. The quantitative estimate of drug-likeness (QED) is 0.317. The molecule has 0 unspecified atom stereocenters. The third-order valence-corrected chi connectivity index (χ3v) is 5.02. The Kier molecular flexibility index (Phi) is 5.15. The minimum atomic E-state index is -0.530. The maximum Gasteiger partial charge on any atom is 0.337 e. The summed E-state index contributed by atoms with van der Waals surface area (Å²) in [6.07, 6.45) is 0. The van der Waals surface area contributed by atoms with Gasteiger partial charge in [0.05, 0.1) is 23.6 Å². The number of benzene rings is 2. The molecule has 0 saturated heterocycles. The molecule has 0 aliphatic carbocycles. The Morgan fingerprint density at radius 3 is 2.81 bits per heavy atom. The summed E-state index contributed by atoms with van der Waals surface area (Å²) in [5.41, 5.74) is 0.835. The Morgan fingerprint density at radius 2 is 2.12 bits per heavy atom. The predicted octanol–water partition coefficient (Wildman–Crippen LogP) is 2.98. The van der Waals surface area contributed by atoms with Gasteiger partial charge in [-0.05, 0) is 35.9 Å². The molecule has 0 saturated carbocycles. The number of carbonyl (C=O) groups excluding carboxylic acids is 1. The number of nitrogens with two attached hydrogens (primary N) is 1. The Morgan fingerprint density at radius 1 is 1.35 bits per heavy atom. The number of fused-ring (bicyclic) bond motifs is 1. The second-order valence-corrected chi connectivity index (χ2v) is 6.67. The molecule has 1 aromatic heterocycles. The first-order valence-electron chi connectivity index (χ1n) is 7.37. The lowest BCUT2D eigenvalue weighted by Gasteiger charge is -2.10. The van der Waals surface area contributed by atoms with Crippen molar-refractivity contribution in [1.82, 2.24) is 9.66 Å². The monoisotopic (exact) mass is 393 g/mol. The summed E-state index contributed by atoms with van der Waals surface area (Å²) in [5.74, 6) is 5.21. The number of nitrogen functional groups attached to an aromatic ring is 1. The average Bonchev–Trinajstić information content (AvgIpc) is 2.63. The molecular weight excluding hydrogens is 381 g/mol. The number of nitrogens with zero attached hydrogens (tertiary/aromatic N) is 2. The Balaban J connectivity index is 1.98. The number of thioether (sulfide) groups is 1. The van der Waals surface area contributed by atoms with E-state index in [-0.39, 0.29) is 21.1 Å². The number of halogens is 2. The number of hydrogen-bond acceptors (Lipinski definition) is 6. The zero-order valence-electron chi connectivity index (χ0n) is 13.5. The molecule has 2 aromatic carbocycles. The molecule has 0 aliphatic heterocycles. The van der Waals surface area contributed by atoms with Crippen molar-refractivity contribution in [1.29, 1.82) is 0 Å². The van der Waals surface area contributed by atoms with Gasteiger partial charge in [-0.15, -0.1) is 0 Å². The molecular formula is C17H13ClFN3O3S. The SMILES string of the molecule is COC(=O)c1ccc2c(=O)n(N)c(SCc3ccc(F)cc3Cl)nc2c1. The van der Waals surface area contributed by atoms with E-state index in [1.54, 1.807) is 6.07 Å². The van der Waals surface area contributed by atoms with Crippen molar-refractivity contribution in [2.45, 2.75) is 10.9 Å². The Labute approximate surface area is 156 Å². The molecule has 0 fully saturated rings. The van der Waals surface area contributed by atoms with Crippen LogP contribution in [0.5, 0.6) is 0 Å². The van der Waals surface area contributed by atoms with Crippen LogP contribution < -0.4 is 11.4 Å². The van der Waals surface area contributed by atoms with E-state index in [1.165, 1.54) is 49.2 Å². The van der Waals surface area contributed by atoms with Crippen molar-refractivity contribution in [2.75, 3.05) is 13.0 Å². The number of aromatic nitrogens is 2. The van der Waals surface area contributed by atoms with Crippen molar-refractivity contribution >= 4 is 40.2 Å². The van der Waals surface area contributed by atoms with Crippen molar-refractivity contribution in [3.63, 3.8) is 0 Å². The second-order valence-electron chi connectivity index (χ2n) is 5.32. The van der Waals surface area contributed by atoms with E-state index in [2.05, 4.69) is 9.72 Å². The largest absolute Gasteiger partial charge is 0.465 e. The molecule has 2 N–H and O–H groups in total. The first kappa shape index (κ1) is 18.2. The van der Waals surface area contributed by atoms with Gasteiger partial charge in [-0.2, -0.15) is 0 Å². The normalized spacial score (nSPS) is 10.9. The van der Waals surface area contributed by atoms with Crippen LogP contribution in [0.1, 0.15) is 15.9 Å². The number of esters is 1. The van der Waals surface area contributed by atoms with Crippen LogP contribution in [-0.2, 0) is 10.5 Å². The standard InChI is InChI=1S/C17H13ClFN3O3S/c1-25-16(24)9-3-5-12-14(6-9)21-17(22(20)15(12)23)26-8-10-2-4-11(19)7-13(10)18/h2-7H,8,20H2,1H3. The minimum Gasteiger partial charge on any atom is -0.465 e. The lowest BCUT2D eigenvalue weighted by atomic mass is 10.1. The van der Waals surface area contributed by atoms with Crippen molar-refractivity contribution < 1.29 is 13.9 Å². The highest BCUT2D eigenvalue weighted by Gasteiger charge is 2.13. The van der Waals surface area contributed by atoms with Crippen molar-refractivity contribution in [3.05, 3.63) is 68.7 Å². The van der Waals surface area contributed by atoms with Crippen molar-refractivity contribution in [2.24, 2.45) is 0 Å². The maximum atomic E-state index is 13.1. The van der Waals surface area contributed by atoms with Gasteiger partial charge < -0.3 is 10.6 Å². The molecule has 0 amide bonds. The van der Waals surface area contributed by atoms with Gasteiger partial charge in [0.1, 0.15) is 5.82 Å². The summed E-state index contributed by atoms with van der Waals surface area (Å²) in [4.78, 5) is 28.4. The van der Waals surface area contributed by atoms with Gasteiger partial charge in [-0.3, -0.25) is 4.79 Å². The number of carbonyl (C=O) groups is 1. The van der Waals surface area contributed by atoms with Gasteiger partial charge in [-0.25, -0.2) is 18.8 Å². The first-order valence-corrected chi connectivity index (χ1v) is 8.74. The second kappa shape index (κ2) is 7.35. The summed E-state index contributed by atoms with van der Waals surface area (Å²) in [5, 5.41) is 0.798. The zero-order chi connectivity index (χ0) is 18.8. The van der Waals surface area contributed by atoms with Crippen LogP contribution in [0.25, 0.3) is 10.9 Å². The molecule has 0 atom stereocenters. The molecule has 0 bridgehead atoms. The van der Waals surface area contributed by atoms with Crippen LogP contribution in [-0.4, -0.2) is 22.7 Å². The fourth-order valence-electron chi connectivity index (χ4n) is 2.31. The average molecular weight is 394 g/mol. The van der Waals surface area contributed by atoms with Crippen molar-refractivity contribution in [3.8, 4) is 0 Å². The molecule has 134 valence electrons. The van der Waals surface area contributed by atoms with Crippen LogP contribution >= 0.6 is 23.4 Å². The van der Waals surface area contributed by atoms with Crippen LogP contribution in [0.4, 0.5) is 4.39 Å². The van der Waals surface area contributed by atoms with E-state index < -0.39 is 17.3 Å². The van der Waals surface area contributed by atoms with Crippen LogP contribution in [0.3, 0.4) is 0 Å². The van der Waals surface area contributed by atoms with Gasteiger partial charge in [-0.1, -0.05) is 29.4 Å². The van der Waals surface area contributed by atoms with Gasteiger partial charge in [0, 0.05) is 10.8 Å². The summed E-state index contributed by atoms with van der Waals surface area (Å²) in [6.45, 7) is 0. The molecule has 26 heavy (non-hydrogen) atoms. The van der Waals surface area contributed by atoms with Crippen LogP contribution in [0.2, 0.25) is 5.02 Å². The Bertz CT molecular complexity index is 1070. The minimum absolute atomic E-state index is 0.241. The highest BCUT2D eigenvalue weighted by atomic mass is 35.5. The third kappa shape index (κ3) is 3.51. The molecule has 0 spiro atoms. The van der Waals surface area contributed by atoms with Crippen LogP contribution in [0, 0.1) is 5.82 Å². The number of rotatable bonds is 4. The number of ether oxygens (including phenoxy) is 1. The molecule has 3 aromatic rings. The highest BCUT2D eigenvalue weighted by Crippen LogP contribution is 2.26. The van der Waals surface area contributed by atoms with Gasteiger partial charge in [0.15, 0.2) is 5.16 Å². The summed E-state index contributed by atoms with van der Waals surface area (Å²) < 4.78 is 18.7. The lowest BCUT2D eigenvalue weighted by Crippen LogP contribution is -2.29. The summed E-state index contributed by atoms with van der Waals surface area (Å²) >= 11 is 7.18. The smallest absolute Gasteiger partial charge is 0.337 e. The molecule has 0 aliphatic rings. The molecule has 0 radical (unpaired) electrons. The van der Waals surface area contributed by atoms with E-state index in [0.717, 1.165) is 4.68 Å². The van der Waals surface area contributed by atoms with E-state index >= 15 is 0 Å². The maximum absolute atomic E-state index is 13.1. The van der Waals surface area contributed by atoms with E-state index in [9.17, 15) is 14.0 Å². The first-order chi connectivity index (χ1) is 12.4. The molecule has 6 nitrogen and oxygen atoms in total. The fourth-order valence-corrected chi connectivity index (χ4v) is 3.54. The lowest BCUT2D eigenvalue weighted by molar-refractivity contribution is 0.0601. The van der Waals surface area contributed by atoms with E-state index in [0.29, 0.717) is 16.8 Å². The number of hydrogen-bond donors (Lipinski definition) is 1. The molecule has 3 rings (SSSR count). The summed E-state index contributed by atoms with van der Waals surface area (Å²) in [7, 11) is 1.27. The highest BCUT2D eigenvalue weighted by molar-refractivity contribution is 7.98. The van der Waals surface area contributed by atoms with Crippen LogP contribution in [0.15, 0.2) is 46.3 Å². The van der Waals surface area contributed by atoms with E-state index in [1.807, 2.05) is 0 Å². The molecule has 1 heterocycles. The van der Waals surface area contributed by atoms with E-state index in [4.69, 9.17) is 17.4 Å².